The predicted octanol–water partition coefficient (Wildman–Crippen LogP) is 2.08. The van der Waals surface area contributed by atoms with Gasteiger partial charge in [-0.15, -0.1) is 12.4 Å². The van der Waals surface area contributed by atoms with Gasteiger partial charge in [0.05, 0.1) is 5.84 Å². The molecule has 0 amide bonds. The Balaban J connectivity index is 0.00000324. The van der Waals surface area contributed by atoms with Gasteiger partial charge in [-0.1, -0.05) is 6.42 Å². The summed E-state index contributed by atoms with van der Waals surface area (Å²) in [5.41, 5.74) is 5.44. The lowest BCUT2D eigenvalue weighted by Crippen LogP contribution is -2.25. The monoisotopic (exact) mass is 290 g/mol. The van der Waals surface area contributed by atoms with E-state index in [1.807, 2.05) is 0 Å². The van der Waals surface area contributed by atoms with Crippen molar-refractivity contribution in [3.8, 4) is 0 Å². The molecule has 0 saturated carbocycles. The van der Waals surface area contributed by atoms with Gasteiger partial charge in [0, 0.05) is 19.5 Å². The maximum atomic E-state index is 5.44. The molecule has 4 nitrogen and oxygen atoms in total. The topological polar surface area (TPSA) is 62.4 Å². The molecule has 1 aliphatic heterocycles. The zero-order valence-electron chi connectivity index (χ0n) is 12.1. The van der Waals surface area contributed by atoms with Crippen molar-refractivity contribution in [2.75, 3.05) is 32.7 Å². The molecule has 4 N–H and O–H groups in total. The highest BCUT2D eigenvalue weighted by Gasteiger charge is 2.02. The fourth-order valence-electron chi connectivity index (χ4n) is 2.15. The van der Waals surface area contributed by atoms with Crippen LogP contribution in [0.15, 0.2) is 4.99 Å². The first-order chi connectivity index (χ1) is 8.93. The van der Waals surface area contributed by atoms with Crippen LogP contribution in [0, 0.1) is 0 Å². The zero-order chi connectivity index (χ0) is 12.9. The summed E-state index contributed by atoms with van der Waals surface area (Å²) in [6.07, 6.45) is 9.84. The maximum Gasteiger partial charge on any atom is 0.0963 e. The molecule has 0 aromatic rings. The van der Waals surface area contributed by atoms with Gasteiger partial charge in [-0.3, -0.25) is 4.99 Å². The number of nitrogens with one attached hydrogen (secondary N) is 2. The summed E-state index contributed by atoms with van der Waals surface area (Å²) in [6, 6.07) is 0. The van der Waals surface area contributed by atoms with Crippen molar-refractivity contribution in [3.63, 3.8) is 0 Å². The third-order valence-electron chi connectivity index (χ3n) is 3.29. The van der Waals surface area contributed by atoms with Gasteiger partial charge in [0.15, 0.2) is 0 Å². The highest BCUT2D eigenvalue weighted by atomic mass is 35.5. The summed E-state index contributed by atoms with van der Waals surface area (Å²) >= 11 is 0. The first-order valence-electron chi connectivity index (χ1n) is 7.61. The van der Waals surface area contributed by atoms with E-state index in [4.69, 9.17) is 5.73 Å². The van der Waals surface area contributed by atoms with Gasteiger partial charge >= 0.3 is 0 Å². The van der Waals surface area contributed by atoms with E-state index in [0.29, 0.717) is 0 Å². The molecule has 0 saturated heterocycles. The van der Waals surface area contributed by atoms with Crippen molar-refractivity contribution in [2.45, 2.75) is 51.4 Å². The minimum Gasteiger partial charge on any atom is -0.374 e. The number of unbranched alkanes of at least 4 members (excludes halogenated alkanes) is 2. The Labute approximate surface area is 124 Å². The van der Waals surface area contributed by atoms with Crippen LogP contribution >= 0.6 is 12.4 Å². The van der Waals surface area contributed by atoms with Crippen molar-refractivity contribution >= 4 is 18.2 Å². The second kappa shape index (κ2) is 14.1. The number of halogens is 1. The smallest absolute Gasteiger partial charge is 0.0963 e. The average Bonchev–Trinajstić information content (AvgIpc) is 2.65. The number of nitrogens with zero attached hydrogens (tertiary/aromatic N) is 1. The molecule has 0 aromatic carbocycles. The quantitative estimate of drug-likeness (QED) is 0.570. The molecule has 0 bridgehead atoms. The van der Waals surface area contributed by atoms with Gasteiger partial charge < -0.3 is 16.4 Å². The highest BCUT2D eigenvalue weighted by molar-refractivity contribution is 5.85. The number of nitrogens with two attached hydrogens (primary N) is 1. The molecule has 5 heteroatoms. The molecule has 0 radical (unpaired) electrons. The molecular weight excluding hydrogens is 260 g/mol. The lowest BCUT2D eigenvalue weighted by Gasteiger charge is -2.08. The lowest BCUT2D eigenvalue weighted by atomic mass is 10.2. The van der Waals surface area contributed by atoms with E-state index < -0.39 is 0 Å². The van der Waals surface area contributed by atoms with E-state index >= 15 is 0 Å². The molecule has 1 rings (SSSR count). The normalized spacial score (nSPS) is 15.3. The van der Waals surface area contributed by atoms with Gasteiger partial charge in [-0.25, -0.2) is 0 Å². The van der Waals surface area contributed by atoms with Crippen LogP contribution < -0.4 is 16.4 Å². The van der Waals surface area contributed by atoms with Crippen LogP contribution in [0.25, 0.3) is 0 Å². The molecule has 19 heavy (non-hydrogen) atoms. The van der Waals surface area contributed by atoms with Crippen LogP contribution in [-0.4, -0.2) is 38.6 Å². The fraction of sp³-hybridized carbons (Fsp3) is 0.929. The van der Waals surface area contributed by atoms with Crippen molar-refractivity contribution in [1.82, 2.24) is 10.6 Å². The summed E-state index contributed by atoms with van der Waals surface area (Å²) in [7, 11) is 0. The zero-order valence-corrected chi connectivity index (χ0v) is 12.9. The largest absolute Gasteiger partial charge is 0.374 e. The molecule has 0 spiro atoms. The van der Waals surface area contributed by atoms with Crippen molar-refractivity contribution in [3.05, 3.63) is 0 Å². The van der Waals surface area contributed by atoms with Gasteiger partial charge in [0.25, 0.3) is 0 Å². The molecule has 1 aliphatic rings. The van der Waals surface area contributed by atoms with E-state index in [0.717, 1.165) is 45.6 Å². The molecular formula is C14H31ClN4. The van der Waals surface area contributed by atoms with Gasteiger partial charge in [-0.2, -0.15) is 0 Å². The van der Waals surface area contributed by atoms with Crippen molar-refractivity contribution in [1.29, 1.82) is 0 Å². The second-order valence-electron chi connectivity index (χ2n) is 5.02. The SMILES string of the molecule is Cl.NCCCCNCCCCNC1=NCCCCC1. The van der Waals surface area contributed by atoms with Crippen LogP contribution in [-0.2, 0) is 0 Å². The molecule has 0 unspecified atom stereocenters. The number of hydrogen-bond acceptors (Lipinski definition) is 4. The lowest BCUT2D eigenvalue weighted by molar-refractivity contribution is 0.588. The Morgan fingerprint density at radius 2 is 1.68 bits per heavy atom. The Hall–Kier alpha value is -0.320. The molecule has 114 valence electrons. The van der Waals surface area contributed by atoms with Gasteiger partial charge in [0.2, 0.25) is 0 Å². The van der Waals surface area contributed by atoms with Crippen molar-refractivity contribution in [2.24, 2.45) is 10.7 Å². The average molecular weight is 291 g/mol. The summed E-state index contributed by atoms with van der Waals surface area (Å²) in [6.45, 7) is 5.14. The Bertz CT molecular complexity index is 221. The fourth-order valence-corrected chi connectivity index (χ4v) is 2.15. The van der Waals surface area contributed by atoms with Crippen molar-refractivity contribution < 1.29 is 0 Å². The van der Waals surface area contributed by atoms with E-state index in [1.165, 1.54) is 44.4 Å². The van der Waals surface area contributed by atoms with Crippen LogP contribution in [0.1, 0.15) is 51.4 Å². The standard InChI is InChI=1S/C14H30N4.ClH/c15-9-3-5-10-16-11-6-7-13-18-14-8-2-1-4-12-17-14;/h16H,1-13,15H2,(H,17,18);1H. The highest BCUT2D eigenvalue weighted by Crippen LogP contribution is 2.05. The minimum atomic E-state index is 0. The Kier molecular flexibility index (Phi) is 13.9. The number of hydrogen-bond donors (Lipinski definition) is 3. The summed E-state index contributed by atoms with van der Waals surface area (Å²) < 4.78 is 0. The molecule has 0 fully saturated rings. The number of amidine groups is 1. The number of rotatable bonds is 9. The van der Waals surface area contributed by atoms with E-state index in [1.54, 1.807) is 0 Å². The Morgan fingerprint density at radius 3 is 2.47 bits per heavy atom. The Morgan fingerprint density at radius 1 is 0.947 bits per heavy atom. The molecule has 1 heterocycles. The first-order valence-corrected chi connectivity index (χ1v) is 7.61. The van der Waals surface area contributed by atoms with Gasteiger partial charge in [0.1, 0.15) is 0 Å². The summed E-state index contributed by atoms with van der Waals surface area (Å²) in [5, 5.41) is 6.93. The second-order valence-corrected chi connectivity index (χ2v) is 5.02. The maximum absolute atomic E-state index is 5.44. The summed E-state index contributed by atoms with van der Waals surface area (Å²) in [4.78, 5) is 4.57. The van der Waals surface area contributed by atoms with E-state index in [2.05, 4.69) is 15.6 Å². The first kappa shape index (κ1) is 18.7. The third kappa shape index (κ3) is 11.2. The third-order valence-corrected chi connectivity index (χ3v) is 3.29. The van der Waals surface area contributed by atoms with Crippen LogP contribution in [0.4, 0.5) is 0 Å². The van der Waals surface area contributed by atoms with E-state index in [9.17, 15) is 0 Å². The number of aliphatic imine (C=N–C) groups is 1. The van der Waals surface area contributed by atoms with Gasteiger partial charge in [-0.05, 0) is 58.2 Å². The van der Waals surface area contributed by atoms with E-state index in [-0.39, 0.29) is 12.4 Å². The predicted molar refractivity (Wildman–Crippen MR) is 86.4 cm³/mol. The van der Waals surface area contributed by atoms with Crippen LogP contribution in [0.2, 0.25) is 0 Å². The molecule has 0 aliphatic carbocycles. The van der Waals surface area contributed by atoms with Crippen LogP contribution in [0.3, 0.4) is 0 Å². The molecule has 0 aromatic heterocycles. The minimum absolute atomic E-state index is 0. The van der Waals surface area contributed by atoms with Crippen LogP contribution in [0.5, 0.6) is 0 Å². The molecule has 0 atom stereocenters. The summed E-state index contributed by atoms with van der Waals surface area (Å²) in [5.74, 6) is 1.24.